The van der Waals surface area contributed by atoms with E-state index in [1.165, 1.54) is 29.2 Å². The van der Waals surface area contributed by atoms with Gasteiger partial charge in [0.15, 0.2) is 5.16 Å². The van der Waals surface area contributed by atoms with E-state index in [1.54, 1.807) is 42.6 Å². The molecule has 2 aromatic heterocycles. The van der Waals surface area contributed by atoms with E-state index < -0.39 is 0 Å². The van der Waals surface area contributed by atoms with E-state index in [4.69, 9.17) is 11.6 Å². The van der Waals surface area contributed by atoms with E-state index in [2.05, 4.69) is 15.4 Å². The molecule has 0 bridgehead atoms. The van der Waals surface area contributed by atoms with Crippen LogP contribution in [0, 0.1) is 0 Å². The van der Waals surface area contributed by atoms with Gasteiger partial charge in [-0.25, -0.2) is 9.67 Å². The van der Waals surface area contributed by atoms with E-state index in [-0.39, 0.29) is 17.2 Å². The molecule has 1 N–H and O–H groups in total. The van der Waals surface area contributed by atoms with Crippen LogP contribution in [0.25, 0.3) is 16.6 Å². The quantitative estimate of drug-likeness (QED) is 0.308. The van der Waals surface area contributed by atoms with Gasteiger partial charge in [0, 0.05) is 11.1 Å². The highest BCUT2D eigenvalue weighted by Crippen LogP contribution is 2.31. The predicted octanol–water partition coefficient (Wildman–Crippen LogP) is 5.08. The molecule has 5 rings (SSSR count). The summed E-state index contributed by atoms with van der Waals surface area (Å²) >= 11 is 7.39. The molecule has 4 aromatic rings. The summed E-state index contributed by atoms with van der Waals surface area (Å²) < 4.78 is 3.42. The van der Waals surface area contributed by atoms with Crippen LogP contribution in [0.15, 0.2) is 70.7 Å². The Bertz CT molecular complexity index is 1380. The molecule has 2 aromatic carbocycles. The van der Waals surface area contributed by atoms with Gasteiger partial charge in [-0.2, -0.15) is 5.10 Å². The van der Waals surface area contributed by atoms with Gasteiger partial charge in [-0.1, -0.05) is 54.4 Å². The third-order valence-electron chi connectivity index (χ3n) is 5.75. The molecule has 1 saturated carbocycles. The number of nitrogens with one attached hydrogen (secondary N) is 1. The average Bonchev–Trinajstić information content (AvgIpc) is 3.50. The average molecular weight is 480 g/mol. The third kappa shape index (κ3) is 4.54. The van der Waals surface area contributed by atoms with Gasteiger partial charge >= 0.3 is 0 Å². The summed E-state index contributed by atoms with van der Waals surface area (Å²) in [5.74, 6) is 0.618. The number of anilines is 1. The number of benzene rings is 2. The number of hydrogen-bond donors (Lipinski definition) is 1. The highest BCUT2D eigenvalue weighted by atomic mass is 35.5. The molecule has 168 valence electrons. The second-order valence-corrected chi connectivity index (χ2v) is 9.35. The van der Waals surface area contributed by atoms with Crippen LogP contribution in [0.1, 0.15) is 31.7 Å². The number of carbonyl (C=O) groups is 1. The highest BCUT2D eigenvalue weighted by Gasteiger charge is 2.21. The van der Waals surface area contributed by atoms with Gasteiger partial charge in [-0.15, -0.1) is 0 Å². The zero-order valence-electron chi connectivity index (χ0n) is 17.8. The van der Waals surface area contributed by atoms with Crippen molar-refractivity contribution in [2.75, 3.05) is 11.1 Å². The fraction of sp³-hybridized carbons (Fsp3) is 0.250. The first-order chi connectivity index (χ1) is 16.1. The number of para-hydroxylation sites is 1. The first-order valence-electron chi connectivity index (χ1n) is 10.8. The van der Waals surface area contributed by atoms with Crippen LogP contribution in [0.4, 0.5) is 5.82 Å². The van der Waals surface area contributed by atoms with Crippen LogP contribution in [-0.4, -0.2) is 31.0 Å². The summed E-state index contributed by atoms with van der Waals surface area (Å²) in [5, 5.41) is 8.82. The second-order valence-electron chi connectivity index (χ2n) is 7.97. The van der Waals surface area contributed by atoms with Gasteiger partial charge in [-0.05, 0) is 43.2 Å². The Morgan fingerprint density at radius 1 is 1.12 bits per heavy atom. The first kappa shape index (κ1) is 21.7. The molecule has 1 aliphatic carbocycles. The maximum atomic E-state index is 13.3. The fourth-order valence-corrected chi connectivity index (χ4v) is 5.21. The van der Waals surface area contributed by atoms with Crippen molar-refractivity contribution in [1.29, 1.82) is 0 Å². The van der Waals surface area contributed by atoms with Crippen LogP contribution in [0.2, 0.25) is 5.02 Å². The van der Waals surface area contributed by atoms with Crippen molar-refractivity contribution in [3.63, 3.8) is 0 Å². The molecule has 0 saturated heterocycles. The Morgan fingerprint density at radius 2 is 1.94 bits per heavy atom. The summed E-state index contributed by atoms with van der Waals surface area (Å²) in [4.78, 5) is 30.8. The number of amides is 1. The van der Waals surface area contributed by atoms with Gasteiger partial charge in [0.1, 0.15) is 5.82 Å². The van der Waals surface area contributed by atoms with E-state index in [9.17, 15) is 9.59 Å². The lowest BCUT2D eigenvalue weighted by Gasteiger charge is -2.15. The summed E-state index contributed by atoms with van der Waals surface area (Å²) in [6.07, 6.45) is 6.23. The number of fused-ring (bicyclic) bond motifs is 1. The highest BCUT2D eigenvalue weighted by molar-refractivity contribution is 7.99. The summed E-state index contributed by atoms with van der Waals surface area (Å²) in [6.45, 7) is 0. The SMILES string of the molecule is O=C(CSc1nc2ccccc2c(=O)n1-c1cccc(Cl)c1)Nc1ccnn1C1CCCC1. The fourth-order valence-electron chi connectivity index (χ4n) is 4.21. The summed E-state index contributed by atoms with van der Waals surface area (Å²) in [6, 6.07) is 16.4. The van der Waals surface area contributed by atoms with Crippen molar-refractivity contribution in [2.24, 2.45) is 0 Å². The van der Waals surface area contributed by atoms with Gasteiger partial charge in [0.25, 0.3) is 5.56 Å². The van der Waals surface area contributed by atoms with E-state index >= 15 is 0 Å². The minimum absolute atomic E-state index is 0.0984. The number of aromatic nitrogens is 4. The molecule has 2 heterocycles. The van der Waals surface area contributed by atoms with Gasteiger partial charge < -0.3 is 5.32 Å². The Balaban J connectivity index is 1.42. The van der Waals surface area contributed by atoms with Gasteiger partial charge in [-0.3, -0.25) is 14.2 Å². The third-order valence-corrected chi connectivity index (χ3v) is 6.93. The molecule has 9 heteroatoms. The van der Waals surface area contributed by atoms with Crippen LogP contribution < -0.4 is 10.9 Å². The Labute approximate surface area is 199 Å². The van der Waals surface area contributed by atoms with Crippen molar-refractivity contribution >= 4 is 46.0 Å². The van der Waals surface area contributed by atoms with Crippen molar-refractivity contribution in [3.8, 4) is 5.69 Å². The Morgan fingerprint density at radius 3 is 2.76 bits per heavy atom. The topological polar surface area (TPSA) is 81.8 Å². The first-order valence-corrected chi connectivity index (χ1v) is 12.2. The van der Waals surface area contributed by atoms with Crippen molar-refractivity contribution in [3.05, 3.63) is 76.2 Å². The van der Waals surface area contributed by atoms with Crippen LogP contribution >= 0.6 is 23.4 Å². The molecule has 1 aliphatic rings. The van der Waals surface area contributed by atoms with Crippen molar-refractivity contribution in [1.82, 2.24) is 19.3 Å². The zero-order valence-corrected chi connectivity index (χ0v) is 19.4. The second kappa shape index (κ2) is 9.41. The largest absolute Gasteiger partial charge is 0.310 e. The maximum absolute atomic E-state index is 13.3. The minimum atomic E-state index is -0.204. The maximum Gasteiger partial charge on any atom is 0.266 e. The summed E-state index contributed by atoms with van der Waals surface area (Å²) in [5.41, 5.74) is 0.987. The predicted molar refractivity (Wildman–Crippen MR) is 131 cm³/mol. The number of thioether (sulfide) groups is 1. The van der Waals surface area contributed by atoms with E-state index in [1.807, 2.05) is 22.9 Å². The van der Waals surface area contributed by atoms with Gasteiger partial charge in [0.2, 0.25) is 5.91 Å². The lowest BCUT2D eigenvalue weighted by atomic mass is 10.2. The minimum Gasteiger partial charge on any atom is -0.310 e. The van der Waals surface area contributed by atoms with Crippen LogP contribution in [0.5, 0.6) is 0 Å². The molecule has 33 heavy (non-hydrogen) atoms. The molecule has 0 spiro atoms. The van der Waals surface area contributed by atoms with Crippen molar-refractivity contribution in [2.45, 2.75) is 36.9 Å². The molecular weight excluding hydrogens is 458 g/mol. The summed E-state index contributed by atoms with van der Waals surface area (Å²) in [7, 11) is 0. The van der Waals surface area contributed by atoms with E-state index in [0.29, 0.717) is 38.6 Å². The lowest BCUT2D eigenvalue weighted by molar-refractivity contribution is -0.113. The van der Waals surface area contributed by atoms with Crippen LogP contribution in [0.3, 0.4) is 0 Å². The van der Waals surface area contributed by atoms with Crippen molar-refractivity contribution < 1.29 is 4.79 Å². The monoisotopic (exact) mass is 479 g/mol. The molecular formula is C24H22ClN5O2S. The molecule has 0 radical (unpaired) electrons. The number of halogens is 1. The molecule has 0 atom stereocenters. The number of rotatable bonds is 6. The molecule has 0 unspecified atom stereocenters. The molecule has 1 amide bonds. The zero-order chi connectivity index (χ0) is 22.8. The lowest BCUT2D eigenvalue weighted by Crippen LogP contribution is -2.23. The number of hydrogen-bond acceptors (Lipinski definition) is 5. The standard InChI is InChI=1S/C24H22ClN5O2S/c25-16-6-5-9-18(14-16)29-23(32)19-10-3-4-11-20(19)27-24(29)33-15-22(31)28-21-12-13-26-30(21)17-7-1-2-8-17/h3-6,9-14,17H,1-2,7-8,15H2,(H,28,31). The van der Waals surface area contributed by atoms with E-state index in [0.717, 1.165) is 12.8 Å². The molecule has 0 aliphatic heterocycles. The van der Waals surface area contributed by atoms with Gasteiger partial charge in [0.05, 0.1) is 34.6 Å². The number of nitrogens with zero attached hydrogens (tertiary/aromatic N) is 4. The normalized spacial score (nSPS) is 14.1. The number of carbonyl (C=O) groups excluding carboxylic acids is 1. The smallest absolute Gasteiger partial charge is 0.266 e. The Kier molecular flexibility index (Phi) is 6.20. The molecule has 1 fully saturated rings. The molecule has 7 nitrogen and oxygen atoms in total. The Hall–Kier alpha value is -3.10. The van der Waals surface area contributed by atoms with Crippen LogP contribution in [-0.2, 0) is 4.79 Å².